The summed E-state index contributed by atoms with van der Waals surface area (Å²) in [6, 6.07) is 0. The van der Waals surface area contributed by atoms with E-state index < -0.39 is 0 Å². The van der Waals surface area contributed by atoms with Gasteiger partial charge in [-0.05, 0) is 12.8 Å². The van der Waals surface area contributed by atoms with E-state index in [1.807, 2.05) is 6.08 Å². The van der Waals surface area contributed by atoms with E-state index in [1.54, 1.807) is 6.08 Å². The third kappa shape index (κ3) is 6.18. The van der Waals surface area contributed by atoms with Gasteiger partial charge in [-0.25, -0.2) is 0 Å². The Kier molecular flexibility index (Phi) is 7.34. The Morgan fingerprint density at radius 3 is 2.62 bits per heavy atom. The Morgan fingerprint density at radius 1 is 1.38 bits per heavy atom. The SMILES string of the molecule is OC/C=C/CCCBr. The highest BCUT2D eigenvalue weighted by Crippen LogP contribution is 1.93. The number of aliphatic hydroxyl groups is 1. The minimum Gasteiger partial charge on any atom is -0.392 e. The van der Waals surface area contributed by atoms with Gasteiger partial charge in [0.25, 0.3) is 0 Å². The van der Waals surface area contributed by atoms with E-state index in [9.17, 15) is 0 Å². The first-order valence-corrected chi connectivity index (χ1v) is 3.85. The number of allylic oxidation sites excluding steroid dienone is 1. The zero-order valence-corrected chi connectivity index (χ0v) is 6.39. The molecule has 1 N–H and O–H groups in total. The quantitative estimate of drug-likeness (QED) is 0.395. The molecule has 1 nitrogen and oxygen atoms in total. The van der Waals surface area contributed by atoms with Crippen molar-refractivity contribution in [3.05, 3.63) is 12.2 Å². The summed E-state index contributed by atoms with van der Waals surface area (Å²) in [7, 11) is 0. The second kappa shape index (κ2) is 7.18. The first kappa shape index (κ1) is 8.18. The molecule has 0 aromatic carbocycles. The molecule has 0 aliphatic rings. The van der Waals surface area contributed by atoms with Gasteiger partial charge >= 0.3 is 0 Å². The van der Waals surface area contributed by atoms with Gasteiger partial charge in [-0.2, -0.15) is 0 Å². The molecule has 0 saturated carbocycles. The lowest BCUT2D eigenvalue weighted by molar-refractivity contribution is 0.342. The van der Waals surface area contributed by atoms with Gasteiger partial charge in [-0.1, -0.05) is 28.1 Å². The molecule has 0 unspecified atom stereocenters. The Bertz CT molecular complexity index is 61.5. The lowest BCUT2D eigenvalue weighted by atomic mass is 10.3. The Labute approximate surface area is 58.5 Å². The molecular formula is C6H11BrO. The first-order valence-electron chi connectivity index (χ1n) is 2.73. The van der Waals surface area contributed by atoms with E-state index in [2.05, 4.69) is 15.9 Å². The van der Waals surface area contributed by atoms with Crippen molar-refractivity contribution in [2.24, 2.45) is 0 Å². The number of alkyl halides is 1. The van der Waals surface area contributed by atoms with E-state index in [-0.39, 0.29) is 6.61 Å². The Morgan fingerprint density at radius 2 is 2.12 bits per heavy atom. The van der Waals surface area contributed by atoms with Crippen molar-refractivity contribution in [3.8, 4) is 0 Å². The minimum absolute atomic E-state index is 0.169. The highest BCUT2D eigenvalue weighted by molar-refractivity contribution is 9.09. The molecule has 0 aromatic heterocycles. The second-order valence-corrected chi connectivity index (χ2v) is 2.28. The maximum absolute atomic E-state index is 8.27. The second-order valence-electron chi connectivity index (χ2n) is 1.49. The third-order valence-electron chi connectivity index (χ3n) is 0.776. The maximum atomic E-state index is 8.27. The van der Waals surface area contributed by atoms with E-state index >= 15 is 0 Å². The molecule has 0 aromatic rings. The fraction of sp³-hybridized carbons (Fsp3) is 0.667. The summed E-state index contributed by atoms with van der Waals surface area (Å²) >= 11 is 3.31. The molecule has 0 saturated heterocycles. The molecule has 0 aliphatic carbocycles. The highest BCUT2D eigenvalue weighted by Gasteiger charge is 1.76. The van der Waals surface area contributed by atoms with Crippen LogP contribution in [0.5, 0.6) is 0 Å². The van der Waals surface area contributed by atoms with Crippen LogP contribution in [0.3, 0.4) is 0 Å². The van der Waals surface area contributed by atoms with E-state index in [1.165, 1.54) is 0 Å². The highest BCUT2D eigenvalue weighted by atomic mass is 79.9. The molecule has 0 heterocycles. The predicted octanol–water partition coefficient (Wildman–Crippen LogP) is 1.71. The Balaban J connectivity index is 2.80. The van der Waals surface area contributed by atoms with Crippen molar-refractivity contribution < 1.29 is 5.11 Å². The topological polar surface area (TPSA) is 20.2 Å². The molecule has 0 atom stereocenters. The third-order valence-corrected chi connectivity index (χ3v) is 1.34. The molecule has 0 radical (unpaired) electrons. The molecule has 0 amide bonds. The molecule has 0 rings (SSSR count). The first-order chi connectivity index (χ1) is 3.91. The number of halogens is 1. The minimum atomic E-state index is 0.169. The number of aliphatic hydroxyl groups excluding tert-OH is 1. The van der Waals surface area contributed by atoms with E-state index in [0.29, 0.717) is 0 Å². The number of hydrogen-bond acceptors (Lipinski definition) is 1. The monoisotopic (exact) mass is 178 g/mol. The predicted molar refractivity (Wildman–Crippen MR) is 39.3 cm³/mol. The molecular weight excluding hydrogens is 168 g/mol. The van der Waals surface area contributed by atoms with Crippen LogP contribution in [0.25, 0.3) is 0 Å². The van der Waals surface area contributed by atoms with Crippen LogP contribution in [0, 0.1) is 0 Å². The fourth-order valence-electron chi connectivity index (χ4n) is 0.387. The van der Waals surface area contributed by atoms with Crippen LogP contribution in [0.4, 0.5) is 0 Å². The zero-order valence-electron chi connectivity index (χ0n) is 4.81. The molecule has 8 heavy (non-hydrogen) atoms. The van der Waals surface area contributed by atoms with Gasteiger partial charge < -0.3 is 5.11 Å². The normalized spacial score (nSPS) is 10.8. The van der Waals surface area contributed by atoms with Crippen molar-refractivity contribution in [1.29, 1.82) is 0 Å². The van der Waals surface area contributed by atoms with Crippen molar-refractivity contribution in [2.45, 2.75) is 12.8 Å². The smallest absolute Gasteiger partial charge is 0.0612 e. The number of unbranched alkanes of at least 4 members (excludes halogenated alkanes) is 1. The lowest BCUT2D eigenvalue weighted by Crippen LogP contribution is -1.73. The molecule has 0 bridgehead atoms. The van der Waals surface area contributed by atoms with Crippen LogP contribution in [0.15, 0.2) is 12.2 Å². The van der Waals surface area contributed by atoms with Gasteiger partial charge in [0.2, 0.25) is 0 Å². The van der Waals surface area contributed by atoms with Gasteiger partial charge in [0.1, 0.15) is 0 Å². The maximum Gasteiger partial charge on any atom is 0.0612 e. The molecule has 0 fully saturated rings. The largest absolute Gasteiger partial charge is 0.392 e. The Hall–Kier alpha value is 0.180. The zero-order chi connectivity index (χ0) is 6.24. The summed E-state index contributed by atoms with van der Waals surface area (Å²) < 4.78 is 0. The van der Waals surface area contributed by atoms with Gasteiger partial charge in [-0.3, -0.25) is 0 Å². The van der Waals surface area contributed by atoms with Gasteiger partial charge in [0.15, 0.2) is 0 Å². The summed E-state index contributed by atoms with van der Waals surface area (Å²) in [5.41, 5.74) is 0. The van der Waals surface area contributed by atoms with Gasteiger partial charge in [-0.15, -0.1) is 0 Å². The van der Waals surface area contributed by atoms with Crippen molar-refractivity contribution in [1.82, 2.24) is 0 Å². The van der Waals surface area contributed by atoms with Gasteiger partial charge in [0.05, 0.1) is 6.61 Å². The summed E-state index contributed by atoms with van der Waals surface area (Å²) in [6.07, 6.45) is 5.96. The van der Waals surface area contributed by atoms with Crippen molar-refractivity contribution in [3.63, 3.8) is 0 Å². The standard InChI is InChI=1S/C6H11BrO/c7-5-3-1-2-4-6-8/h2,4,8H,1,3,5-6H2/b4-2+. The average Bonchev–Trinajstić information content (AvgIpc) is 1.81. The molecule has 48 valence electrons. The van der Waals surface area contributed by atoms with Crippen LogP contribution in [0.1, 0.15) is 12.8 Å². The van der Waals surface area contributed by atoms with E-state index in [0.717, 1.165) is 18.2 Å². The number of hydrogen-bond donors (Lipinski definition) is 1. The van der Waals surface area contributed by atoms with Crippen LogP contribution in [0.2, 0.25) is 0 Å². The molecule has 0 spiro atoms. The van der Waals surface area contributed by atoms with E-state index in [4.69, 9.17) is 5.11 Å². The number of rotatable bonds is 4. The van der Waals surface area contributed by atoms with Crippen LogP contribution in [-0.2, 0) is 0 Å². The summed E-state index contributed by atoms with van der Waals surface area (Å²) in [5, 5.41) is 9.31. The van der Waals surface area contributed by atoms with Crippen molar-refractivity contribution >= 4 is 15.9 Å². The fourth-order valence-corrected chi connectivity index (χ4v) is 0.711. The summed E-state index contributed by atoms with van der Waals surface area (Å²) in [4.78, 5) is 0. The average molecular weight is 179 g/mol. The summed E-state index contributed by atoms with van der Waals surface area (Å²) in [5.74, 6) is 0. The molecule has 2 heteroatoms. The lowest BCUT2D eigenvalue weighted by Gasteiger charge is -1.84. The van der Waals surface area contributed by atoms with Crippen LogP contribution in [-0.4, -0.2) is 17.0 Å². The van der Waals surface area contributed by atoms with Crippen LogP contribution >= 0.6 is 15.9 Å². The summed E-state index contributed by atoms with van der Waals surface area (Å²) in [6.45, 7) is 0.169. The van der Waals surface area contributed by atoms with Gasteiger partial charge in [0, 0.05) is 5.33 Å². The van der Waals surface area contributed by atoms with Crippen LogP contribution < -0.4 is 0 Å². The molecule has 0 aliphatic heterocycles. The van der Waals surface area contributed by atoms with Crippen molar-refractivity contribution in [2.75, 3.05) is 11.9 Å².